The van der Waals surface area contributed by atoms with Crippen molar-refractivity contribution in [1.82, 2.24) is 4.90 Å². The molecule has 13 heavy (non-hydrogen) atoms. The van der Waals surface area contributed by atoms with E-state index < -0.39 is 12.3 Å². The van der Waals surface area contributed by atoms with Crippen LogP contribution in [-0.4, -0.2) is 41.9 Å². The number of rotatable bonds is 2. The van der Waals surface area contributed by atoms with Crippen LogP contribution in [0.25, 0.3) is 0 Å². The quantitative estimate of drug-likeness (QED) is 0.668. The van der Waals surface area contributed by atoms with Gasteiger partial charge >= 0.3 is 6.18 Å². The van der Waals surface area contributed by atoms with E-state index in [1.165, 1.54) is 0 Å². The van der Waals surface area contributed by atoms with E-state index in [9.17, 15) is 13.2 Å². The monoisotopic (exact) mass is 195 g/mol. The molecule has 0 aromatic heterocycles. The summed E-state index contributed by atoms with van der Waals surface area (Å²) in [6, 6.07) is 0. The topological polar surface area (TPSA) is 23.5 Å². The van der Waals surface area contributed by atoms with Gasteiger partial charge in [0.15, 0.2) is 6.10 Å². The van der Waals surface area contributed by atoms with Gasteiger partial charge in [-0.2, -0.15) is 13.2 Å². The first-order chi connectivity index (χ1) is 6.00. The minimum Gasteiger partial charge on any atom is -0.382 e. The molecule has 1 rings (SSSR count). The van der Waals surface area contributed by atoms with E-state index in [1.807, 2.05) is 12.2 Å². The minimum absolute atomic E-state index is 0.326. The van der Waals surface area contributed by atoms with Gasteiger partial charge < -0.3 is 5.11 Å². The maximum absolute atomic E-state index is 11.9. The lowest BCUT2D eigenvalue weighted by atomic mass is 10.2. The third kappa shape index (κ3) is 3.36. The van der Waals surface area contributed by atoms with Crippen LogP contribution in [0, 0.1) is 0 Å². The van der Waals surface area contributed by atoms with Crippen LogP contribution in [0.5, 0.6) is 0 Å². The standard InChI is InChI=1S/C8H12F3NO/c9-8(10,11)7(13)6-12-4-2-1-3-5-12/h1-2,7,13H,3-6H2. The molecule has 0 aliphatic carbocycles. The maximum atomic E-state index is 11.9. The van der Waals surface area contributed by atoms with Crippen molar-refractivity contribution in [2.24, 2.45) is 0 Å². The van der Waals surface area contributed by atoms with E-state index in [-0.39, 0.29) is 6.54 Å². The average molecular weight is 195 g/mol. The molecule has 0 radical (unpaired) electrons. The highest BCUT2D eigenvalue weighted by Crippen LogP contribution is 2.21. The van der Waals surface area contributed by atoms with E-state index in [0.29, 0.717) is 13.1 Å². The highest BCUT2D eigenvalue weighted by atomic mass is 19.4. The van der Waals surface area contributed by atoms with Crippen molar-refractivity contribution in [2.45, 2.75) is 18.7 Å². The second kappa shape index (κ2) is 4.11. The van der Waals surface area contributed by atoms with Crippen LogP contribution in [0.2, 0.25) is 0 Å². The number of hydrogen-bond acceptors (Lipinski definition) is 2. The van der Waals surface area contributed by atoms with Crippen LogP contribution in [0.3, 0.4) is 0 Å². The van der Waals surface area contributed by atoms with Gasteiger partial charge in [-0.3, -0.25) is 4.90 Å². The summed E-state index contributed by atoms with van der Waals surface area (Å²) in [4.78, 5) is 1.58. The smallest absolute Gasteiger partial charge is 0.382 e. The van der Waals surface area contributed by atoms with Gasteiger partial charge in [-0.1, -0.05) is 12.2 Å². The first-order valence-electron chi connectivity index (χ1n) is 4.12. The van der Waals surface area contributed by atoms with E-state index in [2.05, 4.69) is 0 Å². The second-order valence-electron chi connectivity index (χ2n) is 3.08. The van der Waals surface area contributed by atoms with Crippen molar-refractivity contribution in [3.05, 3.63) is 12.2 Å². The normalized spacial score (nSPS) is 21.8. The first kappa shape index (κ1) is 10.5. The fourth-order valence-electron chi connectivity index (χ4n) is 1.20. The van der Waals surface area contributed by atoms with E-state index >= 15 is 0 Å². The Hall–Kier alpha value is -0.550. The lowest BCUT2D eigenvalue weighted by Gasteiger charge is -2.26. The van der Waals surface area contributed by atoms with Crippen LogP contribution in [-0.2, 0) is 0 Å². The third-order valence-electron chi connectivity index (χ3n) is 1.95. The third-order valence-corrected chi connectivity index (χ3v) is 1.95. The van der Waals surface area contributed by atoms with Crippen LogP contribution >= 0.6 is 0 Å². The van der Waals surface area contributed by atoms with Gasteiger partial charge in [0, 0.05) is 19.6 Å². The minimum atomic E-state index is -4.50. The maximum Gasteiger partial charge on any atom is 0.415 e. The summed E-state index contributed by atoms with van der Waals surface area (Å²) in [6.45, 7) is 0.755. The molecule has 1 aliphatic heterocycles. The molecule has 5 heteroatoms. The van der Waals surface area contributed by atoms with Crippen molar-refractivity contribution in [3.63, 3.8) is 0 Å². The summed E-state index contributed by atoms with van der Waals surface area (Å²) in [6.07, 6.45) is -2.23. The molecule has 2 nitrogen and oxygen atoms in total. The Labute approximate surface area is 74.6 Å². The van der Waals surface area contributed by atoms with Crippen molar-refractivity contribution in [1.29, 1.82) is 0 Å². The molecule has 0 saturated carbocycles. The van der Waals surface area contributed by atoms with Crippen molar-refractivity contribution in [2.75, 3.05) is 19.6 Å². The van der Waals surface area contributed by atoms with Gasteiger partial charge in [-0.15, -0.1) is 0 Å². The highest BCUT2D eigenvalue weighted by molar-refractivity contribution is 4.91. The van der Waals surface area contributed by atoms with E-state index in [4.69, 9.17) is 5.11 Å². The Bertz CT molecular complexity index is 190. The Morgan fingerprint density at radius 2 is 2.08 bits per heavy atom. The van der Waals surface area contributed by atoms with Gasteiger partial charge in [0.05, 0.1) is 0 Å². The van der Waals surface area contributed by atoms with Gasteiger partial charge in [0.1, 0.15) is 0 Å². The lowest BCUT2D eigenvalue weighted by molar-refractivity contribution is -0.207. The molecule has 0 fully saturated rings. The molecule has 0 spiro atoms. The summed E-state index contributed by atoms with van der Waals surface area (Å²) in [7, 11) is 0. The molecule has 1 aliphatic rings. The van der Waals surface area contributed by atoms with Gasteiger partial charge in [-0.05, 0) is 6.42 Å². The SMILES string of the molecule is OC(CN1CC=CCC1)C(F)(F)F. The summed E-state index contributed by atoms with van der Waals surface area (Å²) in [5, 5.41) is 8.75. The van der Waals surface area contributed by atoms with Gasteiger partial charge in [0.25, 0.3) is 0 Å². The van der Waals surface area contributed by atoms with Crippen molar-refractivity contribution in [3.8, 4) is 0 Å². The molecule has 0 amide bonds. The predicted octanol–water partition coefficient (Wildman–Crippen LogP) is 1.17. The first-order valence-corrected chi connectivity index (χ1v) is 4.12. The number of halogens is 3. The summed E-state index contributed by atoms with van der Waals surface area (Å²) >= 11 is 0. The number of alkyl halides is 3. The van der Waals surface area contributed by atoms with Crippen LogP contribution in [0.4, 0.5) is 13.2 Å². The molecular formula is C8H12F3NO. The molecule has 0 aromatic carbocycles. The van der Waals surface area contributed by atoms with Crippen molar-refractivity contribution >= 4 is 0 Å². The average Bonchev–Trinajstić information content (AvgIpc) is 2.04. The molecule has 1 unspecified atom stereocenters. The zero-order valence-electron chi connectivity index (χ0n) is 7.09. The lowest BCUT2D eigenvalue weighted by Crippen LogP contribution is -2.42. The number of hydrogen-bond donors (Lipinski definition) is 1. The van der Waals surface area contributed by atoms with Crippen LogP contribution in [0.1, 0.15) is 6.42 Å². The van der Waals surface area contributed by atoms with Gasteiger partial charge in [-0.25, -0.2) is 0 Å². The van der Waals surface area contributed by atoms with Crippen LogP contribution < -0.4 is 0 Å². The van der Waals surface area contributed by atoms with E-state index in [0.717, 1.165) is 6.42 Å². The van der Waals surface area contributed by atoms with Crippen LogP contribution in [0.15, 0.2) is 12.2 Å². The largest absolute Gasteiger partial charge is 0.415 e. The number of nitrogens with zero attached hydrogens (tertiary/aromatic N) is 1. The highest BCUT2D eigenvalue weighted by Gasteiger charge is 2.38. The Balaban J connectivity index is 2.35. The molecule has 0 aromatic rings. The molecule has 1 N–H and O–H groups in total. The Morgan fingerprint density at radius 1 is 1.38 bits per heavy atom. The predicted molar refractivity (Wildman–Crippen MR) is 42.3 cm³/mol. The summed E-state index contributed by atoms with van der Waals surface area (Å²) in [5.74, 6) is 0. The van der Waals surface area contributed by atoms with Gasteiger partial charge in [0.2, 0.25) is 0 Å². The zero-order valence-corrected chi connectivity index (χ0v) is 7.09. The molecule has 1 heterocycles. The molecule has 1 atom stereocenters. The van der Waals surface area contributed by atoms with E-state index in [1.54, 1.807) is 4.90 Å². The number of aliphatic hydroxyl groups excluding tert-OH is 1. The number of aliphatic hydroxyl groups is 1. The molecule has 76 valence electrons. The summed E-state index contributed by atoms with van der Waals surface area (Å²) in [5.41, 5.74) is 0. The second-order valence-corrected chi connectivity index (χ2v) is 3.08. The fourth-order valence-corrected chi connectivity index (χ4v) is 1.20. The fraction of sp³-hybridized carbons (Fsp3) is 0.750. The Morgan fingerprint density at radius 3 is 2.54 bits per heavy atom. The summed E-state index contributed by atoms with van der Waals surface area (Å²) < 4.78 is 35.7. The van der Waals surface area contributed by atoms with Crippen molar-refractivity contribution < 1.29 is 18.3 Å². The molecule has 0 bridgehead atoms. The number of β-amino-alcohol motifs (C(OH)–C–C–N with tert-alkyl or cyclic N) is 1. The molecular weight excluding hydrogens is 183 g/mol. The zero-order chi connectivity index (χ0) is 9.90. The Kier molecular flexibility index (Phi) is 3.33. The molecule has 0 saturated heterocycles.